The van der Waals surface area contributed by atoms with E-state index in [0.29, 0.717) is 18.8 Å². The molecular formula is C8H6Cl2N2O. The first kappa shape index (κ1) is 10.1. The molecule has 1 rings (SSSR count). The molecule has 68 valence electrons. The molecule has 13 heavy (non-hydrogen) atoms. The Bertz CT molecular complexity index is 335. The molecule has 0 atom stereocenters. The van der Waals surface area contributed by atoms with Crippen molar-refractivity contribution in [1.29, 1.82) is 0 Å². The lowest BCUT2D eigenvalue weighted by molar-refractivity contribution is 0.325. The SMILES string of the molecule is C#CCCOc1cc(Cl)nnc1Cl. The Labute approximate surface area is 86.0 Å². The van der Waals surface area contributed by atoms with Crippen molar-refractivity contribution in [2.45, 2.75) is 6.42 Å². The monoisotopic (exact) mass is 216 g/mol. The van der Waals surface area contributed by atoms with Crippen LogP contribution in [0.2, 0.25) is 10.3 Å². The van der Waals surface area contributed by atoms with Gasteiger partial charge in [0.05, 0.1) is 6.61 Å². The molecule has 0 fully saturated rings. The zero-order valence-electron chi connectivity index (χ0n) is 6.63. The van der Waals surface area contributed by atoms with E-state index >= 15 is 0 Å². The maximum atomic E-state index is 5.67. The molecule has 0 aliphatic carbocycles. The van der Waals surface area contributed by atoms with Gasteiger partial charge in [-0.1, -0.05) is 23.2 Å². The highest BCUT2D eigenvalue weighted by atomic mass is 35.5. The molecule has 0 bridgehead atoms. The summed E-state index contributed by atoms with van der Waals surface area (Å²) in [4.78, 5) is 0. The molecule has 0 saturated heterocycles. The van der Waals surface area contributed by atoms with Gasteiger partial charge in [0.1, 0.15) is 0 Å². The second kappa shape index (κ2) is 4.90. The third kappa shape index (κ3) is 3.10. The predicted octanol–water partition coefficient (Wildman–Crippen LogP) is 2.19. The van der Waals surface area contributed by atoms with Crippen LogP contribution in [-0.2, 0) is 0 Å². The van der Waals surface area contributed by atoms with Crippen LogP contribution in [0.25, 0.3) is 0 Å². The predicted molar refractivity (Wildman–Crippen MR) is 51.0 cm³/mol. The molecule has 1 aromatic heterocycles. The molecular weight excluding hydrogens is 211 g/mol. The van der Waals surface area contributed by atoms with Crippen molar-refractivity contribution in [3.8, 4) is 18.1 Å². The molecule has 0 aliphatic rings. The van der Waals surface area contributed by atoms with E-state index in [1.54, 1.807) is 0 Å². The van der Waals surface area contributed by atoms with Crippen LogP contribution in [0.15, 0.2) is 6.07 Å². The van der Waals surface area contributed by atoms with E-state index in [-0.39, 0.29) is 10.3 Å². The van der Waals surface area contributed by atoms with Crippen LogP contribution in [0.4, 0.5) is 0 Å². The Morgan fingerprint density at radius 1 is 1.46 bits per heavy atom. The summed E-state index contributed by atoms with van der Waals surface area (Å²) in [7, 11) is 0. The van der Waals surface area contributed by atoms with E-state index in [1.165, 1.54) is 6.07 Å². The van der Waals surface area contributed by atoms with Crippen LogP contribution in [0, 0.1) is 12.3 Å². The number of terminal acetylenes is 1. The number of nitrogens with zero attached hydrogens (tertiary/aromatic N) is 2. The minimum atomic E-state index is 0.182. The standard InChI is InChI=1S/C8H6Cl2N2O/c1-2-3-4-13-6-5-7(9)11-12-8(6)10/h1,5H,3-4H2. The Hall–Kier alpha value is -0.980. The molecule has 0 radical (unpaired) electrons. The third-order valence-corrected chi connectivity index (χ3v) is 1.64. The van der Waals surface area contributed by atoms with Gasteiger partial charge in [0, 0.05) is 12.5 Å². The van der Waals surface area contributed by atoms with Crippen LogP contribution in [0.5, 0.6) is 5.75 Å². The maximum absolute atomic E-state index is 5.67. The zero-order chi connectivity index (χ0) is 9.68. The Balaban J connectivity index is 2.65. The van der Waals surface area contributed by atoms with Crippen LogP contribution in [-0.4, -0.2) is 16.8 Å². The lowest BCUT2D eigenvalue weighted by atomic mass is 10.5. The Morgan fingerprint density at radius 3 is 2.92 bits per heavy atom. The van der Waals surface area contributed by atoms with Gasteiger partial charge in [0.25, 0.3) is 0 Å². The van der Waals surface area contributed by atoms with Gasteiger partial charge in [-0.25, -0.2) is 0 Å². The van der Waals surface area contributed by atoms with E-state index < -0.39 is 0 Å². The van der Waals surface area contributed by atoms with Crippen LogP contribution in [0.3, 0.4) is 0 Å². The molecule has 0 N–H and O–H groups in total. The van der Waals surface area contributed by atoms with Gasteiger partial charge in [-0.3, -0.25) is 0 Å². The Kier molecular flexibility index (Phi) is 3.81. The second-order valence-electron chi connectivity index (χ2n) is 2.12. The van der Waals surface area contributed by atoms with Gasteiger partial charge in [0.15, 0.2) is 16.1 Å². The highest BCUT2D eigenvalue weighted by Crippen LogP contribution is 2.23. The number of hydrogen-bond donors (Lipinski definition) is 0. The van der Waals surface area contributed by atoms with E-state index in [1.807, 2.05) is 0 Å². The molecule has 3 nitrogen and oxygen atoms in total. The van der Waals surface area contributed by atoms with Crippen molar-refractivity contribution in [3.05, 3.63) is 16.4 Å². The van der Waals surface area contributed by atoms with Crippen LogP contribution < -0.4 is 4.74 Å². The maximum Gasteiger partial charge on any atom is 0.193 e. The molecule has 0 aliphatic heterocycles. The van der Waals surface area contributed by atoms with Gasteiger partial charge in [-0.2, -0.15) is 0 Å². The van der Waals surface area contributed by atoms with Crippen molar-refractivity contribution in [3.63, 3.8) is 0 Å². The van der Waals surface area contributed by atoms with E-state index in [0.717, 1.165) is 0 Å². The molecule has 1 aromatic rings. The van der Waals surface area contributed by atoms with Crippen molar-refractivity contribution in [2.24, 2.45) is 0 Å². The number of halogens is 2. The molecule has 0 aromatic carbocycles. The van der Waals surface area contributed by atoms with Gasteiger partial charge in [-0.05, 0) is 0 Å². The largest absolute Gasteiger partial charge is 0.489 e. The van der Waals surface area contributed by atoms with Crippen molar-refractivity contribution in [2.75, 3.05) is 6.61 Å². The molecule has 0 unspecified atom stereocenters. The molecule has 1 heterocycles. The molecule has 5 heteroatoms. The quantitative estimate of drug-likeness (QED) is 0.574. The van der Waals surface area contributed by atoms with Gasteiger partial charge in [-0.15, -0.1) is 22.5 Å². The normalized spacial score (nSPS) is 9.31. The summed E-state index contributed by atoms with van der Waals surface area (Å²) in [6.45, 7) is 0.387. The second-order valence-corrected chi connectivity index (χ2v) is 2.87. The van der Waals surface area contributed by atoms with Crippen molar-refractivity contribution < 1.29 is 4.74 Å². The summed E-state index contributed by atoms with van der Waals surface area (Å²) in [5, 5.41) is 7.51. The molecule has 0 spiro atoms. The first-order valence-corrected chi connectivity index (χ1v) is 4.24. The summed E-state index contributed by atoms with van der Waals surface area (Å²) < 4.78 is 5.20. The number of rotatable bonds is 3. The minimum Gasteiger partial charge on any atom is -0.489 e. The Morgan fingerprint density at radius 2 is 2.23 bits per heavy atom. The number of ether oxygens (including phenoxy) is 1. The summed E-state index contributed by atoms with van der Waals surface area (Å²) in [5.41, 5.74) is 0. The van der Waals surface area contributed by atoms with Gasteiger partial charge in [0.2, 0.25) is 0 Å². The van der Waals surface area contributed by atoms with E-state index in [9.17, 15) is 0 Å². The fraction of sp³-hybridized carbons (Fsp3) is 0.250. The van der Waals surface area contributed by atoms with E-state index in [4.69, 9.17) is 34.4 Å². The molecule has 0 amide bonds. The van der Waals surface area contributed by atoms with Crippen molar-refractivity contribution >= 4 is 23.2 Å². The average molecular weight is 217 g/mol. The van der Waals surface area contributed by atoms with E-state index in [2.05, 4.69) is 16.1 Å². The summed E-state index contributed by atoms with van der Waals surface area (Å²) >= 11 is 11.2. The van der Waals surface area contributed by atoms with Gasteiger partial charge < -0.3 is 4.74 Å². The minimum absolute atomic E-state index is 0.182. The summed E-state index contributed by atoms with van der Waals surface area (Å²) in [6.07, 6.45) is 5.55. The first-order chi connectivity index (χ1) is 6.24. The zero-order valence-corrected chi connectivity index (χ0v) is 8.14. The lowest BCUT2D eigenvalue weighted by Gasteiger charge is -2.04. The highest BCUT2D eigenvalue weighted by molar-refractivity contribution is 6.32. The first-order valence-electron chi connectivity index (χ1n) is 3.49. The van der Waals surface area contributed by atoms with Gasteiger partial charge >= 0.3 is 0 Å². The highest BCUT2D eigenvalue weighted by Gasteiger charge is 2.04. The fourth-order valence-electron chi connectivity index (χ4n) is 0.659. The van der Waals surface area contributed by atoms with Crippen LogP contribution in [0.1, 0.15) is 6.42 Å². The topological polar surface area (TPSA) is 35.0 Å². The fourth-order valence-corrected chi connectivity index (χ4v) is 0.942. The molecule has 0 saturated carbocycles. The smallest absolute Gasteiger partial charge is 0.193 e. The summed E-state index contributed by atoms with van der Waals surface area (Å²) in [5.74, 6) is 2.83. The van der Waals surface area contributed by atoms with Crippen LogP contribution >= 0.6 is 23.2 Å². The number of hydrogen-bond acceptors (Lipinski definition) is 3. The lowest BCUT2D eigenvalue weighted by Crippen LogP contribution is -1.98. The van der Waals surface area contributed by atoms with Crippen molar-refractivity contribution in [1.82, 2.24) is 10.2 Å². The third-order valence-electron chi connectivity index (χ3n) is 1.19. The number of aromatic nitrogens is 2. The summed E-state index contributed by atoms with van der Waals surface area (Å²) in [6, 6.07) is 1.49. The average Bonchev–Trinajstić information content (AvgIpc) is 2.11.